The number of benzene rings is 1. The molecule has 0 unspecified atom stereocenters. The van der Waals surface area contributed by atoms with Crippen molar-refractivity contribution in [3.8, 4) is 11.6 Å². The number of carbonyl (C=O) groups excluding carboxylic acids is 1. The maximum Gasteiger partial charge on any atom is 0.250 e. The molecular formula is C23H31N3O2. The molecule has 3 rings (SSSR count). The first kappa shape index (κ1) is 20.3. The maximum atomic E-state index is 11.1. The fourth-order valence-electron chi connectivity index (χ4n) is 3.76. The molecular weight excluding hydrogens is 350 g/mol. The van der Waals surface area contributed by atoms with Gasteiger partial charge in [-0.3, -0.25) is 4.79 Å². The highest BCUT2D eigenvalue weighted by atomic mass is 16.5. The molecule has 1 aliphatic rings. The Morgan fingerprint density at radius 1 is 1.14 bits per heavy atom. The normalized spacial score (nSPS) is 15.4. The number of rotatable bonds is 8. The molecule has 2 aromatic rings. The highest BCUT2D eigenvalue weighted by molar-refractivity contribution is 5.92. The van der Waals surface area contributed by atoms with Gasteiger partial charge in [-0.2, -0.15) is 0 Å². The Morgan fingerprint density at radius 2 is 1.86 bits per heavy atom. The van der Waals surface area contributed by atoms with Crippen LogP contribution in [0.4, 0.5) is 0 Å². The minimum Gasteiger partial charge on any atom is -0.439 e. The van der Waals surface area contributed by atoms with E-state index in [1.807, 2.05) is 12.1 Å². The van der Waals surface area contributed by atoms with Gasteiger partial charge in [0.2, 0.25) is 11.8 Å². The quantitative estimate of drug-likeness (QED) is 0.709. The molecule has 28 heavy (non-hydrogen) atoms. The van der Waals surface area contributed by atoms with Crippen LogP contribution in [0.1, 0.15) is 61.9 Å². The standard InChI is InChI=1S/C23H31N3O2/c1-23(2,16-25-14-17-6-4-3-5-7-17)19-9-11-20(12-10-19)28-21-13-8-18(15-26-21)22(24)27/h8-13,15,17,25H,3-7,14,16H2,1-2H3,(H2,24,27). The SMILES string of the molecule is CC(C)(CNCC1CCCCC1)c1ccc(Oc2ccc(C(N)=O)cn2)cc1. The molecule has 1 heterocycles. The van der Waals surface area contributed by atoms with Gasteiger partial charge >= 0.3 is 0 Å². The zero-order valence-corrected chi connectivity index (χ0v) is 16.9. The van der Waals surface area contributed by atoms with E-state index in [1.54, 1.807) is 12.1 Å². The van der Waals surface area contributed by atoms with Crippen LogP contribution in [0.5, 0.6) is 11.6 Å². The van der Waals surface area contributed by atoms with Crippen molar-refractivity contribution in [3.63, 3.8) is 0 Å². The summed E-state index contributed by atoms with van der Waals surface area (Å²) in [5.74, 6) is 1.50. The van der Waals surface area contributed by atoms with Gasteiger partial charge in [0.25, 0.3) is 0 Å². The molecule has 0 aliphatic heterocycles. The molecule has 1 fully saturated rings. The lowest BCUT2D eigenvalue weighted by molar-refractivity contribution is 0.1000. The number of nitrogens with one attached hydrogen (secondary N) is 1. The van der Waals surface area contributed by atoms with Gasteiger partial charge in [-0.25, -0.2) is 4.98 Å². The predicted octanol–water partition coefficient (Wildman–Crippen LogP) is 4.42. The van der Waals surface area contributed by atoms with Gasteiger partial charge in [0.05, 0.1) is 5.56 Å². The number of hydrogen-bond donors (Lipinski definition) is 2. The molecule has 5 nitrogen and oxygen atoms in total. The van der Waals surface area contributed by atoms with Crippen molar-refractivity contribution >= 4 is 5.91 Å². The van der Waals surface area contributed by atoms with Crippen molar-refractivity contribution in [3.05, 3.63) is 53.7 Å². The Morgan fingerprint density at radius 3 is 2.46 bits per heavy atom. The lowest BCUT2D eigenvalue weighted by atomic mass is 9.84. The summed E-state index contributed by atoms with van der Waals surface area (Å²) in [6, 6.07) is 11.4. The van der Waals surface area contributed by atoms with Crippen LogP contribution in [0.15, 0.2) is 42.6 Å². The van der Waals surface area contributed by atoms with Gasteiger partial charge in [-0.1, -0.05) is 45.2 Å². The first-order chi connectivity index (χ1) is 13.4. The molecule has 0 bridgehead atoms. The smallest absolute Gasteiger partial charge is 0.250 e. The summed E-state index contributed by atoms with van der Waals surface area (Å²) in [7, 11) is 0. The summed E-state index contributed by atoms with van der Waals surface area (Å²) < 4.78 is 5.76. The molecule has 1 aliphatic carbocycles. The van der Waals surface area contributed by atoms with E-state index in [0.29, 0.717) is 17.2 Å². The number of carbonyl (C=O) groups is 1. The third kappa shape index (κ3) is 5.55. The molecule has 0 atom stereocenters. The Labute approximate surface area is 167 Å². The van der Waals surface area contributed by atoms with Crippen LogP contribution in [0, 0.1) is 5.92 Å². The number of pyridine rings is 1. The molecule has 0 radical (unpaired) electrons. The van der Waals surface area contributed by atoms with Crippen LogP contribution >= 0.6 is 0 Å². The molecule has 1 saturated carbocycles. The summed E-state index contributed by atoms with van der Waals surface area (Å²) in [6.45, 7) is 6.61. The fourth-order valence-corrected chi connectivity index (χ4v) is 3.76. The van der Waals surface area contributed by atoms with Crippen molar-refractivity contribution in [2.24, 2.45) is 11.7 Å². The van der Waals surface area contributed by atoms with Crippen molar-refractivity contribution < 1.29 is 9.53 Å². The monoisotopic (exact) mass is 381 g/mol. The van der Waals surface area contributed by atoms with Gasteiger partial charge in [-0.05, 0) is 49.1 Å². The van der Waals surface area contributed by atoms with Crippen LogP contribution in [0.25, 0.3) is 0 Å². The maximum absolute atomic E-state index is 11.1. The number of nitrogens with zero attached hydrogens (tertiary/aromatic N) is 1. The molecule has 3 N–H and O–H groups in total. The number of primary amides is 1. The van der Waals surface area contributed by atoms with Gasteiger partial charge in [0.15, 0.2) is 0 Å². The highest BCUT2D eigenvalue weighted by Gasteiger charge is 2.21. The van der Waals surface area contributed by atoms with Gasteiger partial charge < -0.3 is 15.8 Å². The molecule has 150 valence electrons. The Balaban J connectivity index is 1.53. The first-order valence-electron chi connectivity index (χ1n) is 10.2. The average Bonchev–Trinajstić information content (AvgIpc) is 2.69. The first-order valence-corrected chi connectivity index (χ1v) is 10.2. The lowest BCUT2D eigenvalue weighted by Gasteiger charge is -2.28. The minimum absolute atomic E-state index is 0.0502. The van der Waals surface area contributed by atoms with Crippen LogP contribution in [0.2, 0.25) is 0 Å². The average molecular weight is 382 g/mol. The zero-order valence-electron chi connectivity index (χ0n) is 16.9. The number of aromatic nitrogens is 1. The van der Waals surface area contributed by atoms with Crippen molar-refractivity contribution in [2.75, 3.05) is 13.1 Å². The summed E-state index contributed by atoms with van der Waals surface area (Å²) in [5, 5.41) is 3.68. The zero-order chi connectivity index (χ0) is 20.0. The van der Waals surface area contributed by atoms with Crippen LogP contribution < -0.4 is 15.8 Å². The van der Waals surface area contributed by atoms with E-state index in [1.165, 1.54) is 43.9 Å². The summed E-state index contributed by atoms with van der Waals surface area (Å²) in [5.41, 5.74) is 6.91. The Bertz CT molecular complexity index is 763. The second-order valence-electron chi connectivity index (χ2n) is 8.39. The molecule has 1 amide bonds. The molecule has 0 spiro atoms. The second-order valence-corrected chi connectivity index (χ2v) is 8.39. The molecule has 5 heteroatoms. The van der Waals surface area contributed by atoms with Crippen LogP contribution in [-0.2, 0) is 5.41 Å². The third-order valence-electron chi connectivity index (χ3n) is 5.60. The van der Waals surface area contributed by atoms with Crippen molar-refractivity contribution in [1.82, 2.24) is 10.3 Å². The number of nitrogens with two attached hydrogens (primary N) is 1. The Kier molecular flexibility index (Phi) is 6.68. The van der Waals surface area contributed by atoms with E-state index in [9.17, 15) is 4.79 Å². The highest BCUT2D eigenvalue weighted by Crippen LogP contribution is 2.27. The predicted molar refractivity (Wildman–Crippen MR) is 112 cm³/mol. The Hall–Kier alpha value is -2.40. The van der Waals surface area contributed by atoms with E-state index in [2.05, 4.69) is 36.3 Å². The fraction of sp³-hybridized carbons (Fsp3) is 0.478. The van der Waals surface area contributed by atoms with Crippen molar-refractivity contribution in [2.45, 2.75) is 51.4 Å². The summed E-state index contributed by atoms with van der Waals surface area (Å²) in [4.78, 5) is 15.2. The second kappa shape index (κ2) is 9.20. The number of amides is 1. The summed E-state index contributed by atoms with van der Waals surface area (Å²) in [6.07, 6.45) is 8.34. The molecule has 0 saturated heterocycles. The van der Waals surface area contributed by atoms with Gasteiger partial charge in [0.1, 0.15) is 5.75 Å². The minimum atomic E-state index is -0.497. The lowest BCUT2D eigenvalue weighted by Crippen LogP contribution is -2.36. The van der Waals surface area contributed by atoms with Crippen molar-refractivity contribution in [1.29, 1.82) is 0 Å². The molecule has 1 aromatic carbocycles. The van der Waals surface area contributed by atoms with Gasteiger partial charge in [0, 0.05) is 24.2 Å². The third-order valence-corrected chi connectivity index (χ3v) is 5.60. The van der Waals surface area contributed by atoms with Crippen LogP contribution in [0.3, 0.4) is 0 Å². The number of ether oxygens (including phenoxy) is 1. The topological polar surface area (TPSA) is 77.2 Å². The summed E-state index contributed by atoms with van der Waals surface area (Å²) >= 11 is 0. The van der Waals surface area contributed by atoms with E-state index in [0.717, 1.165) is 19.0 Å². The van der Waals surface area contributed by atoms with Crippen LogP contribution in [-0.4, -0.2) is 24.0 Å². The molecule has 1 aromatic heterocycles. The van der Waals surface area contributed by atoms with Gasteiger partial charge in [-0.15, -0.1) is 0 Å². The largest absolute Gasteiger partial charge is 0.439 e. The van der Waals surface area contributed by atoms with E-state index in [-0.39, 0.29) is 5.41 Å². The number of hydrogen-bond acceptors (Lipinski definition) is 4. The van der Waals surface area contributed by atoms with E-state index < -0.39 is 5.91 Å². The van der Waals surface area contributed by atoms with E-state index in [4.69, 9.17) is 10.5 Å². The van der Waals surface area contributed by atoms with E-state index >= 15 is 0 Å².